The van der Waals surface area contributed by atoms with E-state index in [1.165, 1.54) is 24.0 Å². The van der Waals surface area contributed by atoms with Crippen molar-refractivity contribution in [3.63, 3.8) is 0 Å². The summed E-state index contributed by atoms with van der Waals surface area (Å²) in [6, 6.07) is 12.2. The van der Waals surface area contributed by atoms with Crippen LogP contribution in [-0.4, -0.2) is 11.6 Å². The van der Waals surface area contributed by atoms with E-state index in [0.29, 0.717) is 18.3 Å². The van der Waals surface area contributed by atoms with Crippen molar-refractivity contribution in [2.45, 2.75) is 45.6 Å². The van der Waals surface area contributed by atoms with Crippen LogP contribution in [0.1, 0.15) is 47.9 Å². The number of ether oxygens (including phenoxy) is 2. The SMILES string of the molecule is CCc1ccc(OCc2c(OC(=O)SC)cccc2C2CC2)c(C)c1. The molecule has 0 atom stereocenters. The summed E-state index contributed by atoms with van der Waals surface area (Å²) in [5.41, 5.74) is 4.67. The fourth-order valence-electron chi connectivity index (χ4n) is 2.98. The molecule has 0 bridgehead atoms. The van der Waals surface area contributed by atoms with E-state index in [1.54, 1.807) is 6.26 Å². The van der Waals surface area contributed by atoms with Gasteiger partial charge in [-0.3, -0.25) is 0 Å². The second-order valence-electron chi connectivity index (χ2n) is 6.40. The number of carbonyl (C=O) groups excluding carboxylic acids is 1. The molecule has 0 N–H and O–H groups in total. The van der Waals surface area contributed by atoms with Crippen LogP contribution in [-0.2, 0) is 13.0 Å². The Morgan fingerprint density at radius 3 is 2.64 bits per heavy atom. The molecule has 1 saturated carbocycles. The van der Waals surface area contributed by atoms with Crippen molar-refractivity contribution in [1.82, 2.24) is 0 Å². The van der Waals surface area contributed by atoms with Gasteiger partial charge >= 0.3 is 5.30 Å². The molecular weight excluding hydrogens is 332 g/mol. The molecule has 3 nitrogen and oxygen atoms in total. The maximum absolute atomic E-state index is 11.7. The first-order valence-electron chi connectivity index (χ1n) is 8.72. The Kier molecular flexibility index (Phi) is 5.69. The Labute approximate surface area is 153 Å². The maximum Gasteiger partial charge on any atom is 0.372 e. The molecule has 0 unspecified atom stereocenters. The molecule has 0 amide bonds. The number of aryl methyl sites for hydroxylation is 2. The lowest BCUT2D eigenvalue weighted by Gasteiger charge is -2.16. The van der Waals surface area contributed by atoms with Gasteiger partial charge in [0.1, 0.15) is 18.1 Å². The number of carbonyl (C=O) groups is 1. The maximum atomic E-state index is 11.7. The van der Waals surface area contributed by atoms with Gasteiger partial charge in [0.05, 0.1) is 0 Å². The van der Waals surface area contributed by atoms with Crippen molar-refractivity contribution in [3.8, 4) is 11.5 Å². The molecule has 4 heteroatoms. The van der Waals surface area contributed by atoms with E-state index < -0.39 is 0 Å². The normalized spacial score (nSPS) is 13.6. The van der Waals surface area contributed by atoms with Gasteiger partial charge in [0.15, 0.2) is 0 Å². The fraction of sp³-hybridized carbons (Fsp3) is 0.381. The molecule has 132 valence electrons. The van der Waals surface area contributed by atoms with E-state index in [2.05, 4.69) is 32.0 Å². The molecule has 0 saturated heterocycles. The zero-order chi connectivity index (χ0) is 17.8. The van der Waals surface area contributed by atoms with Crippen LogP contribution in [0.5, 0.6) is 11.5 Å². The molecule has 0 spiro atoms. The molecule has 1 fully saturated rings. The monoisotopic (exact) mass is 356 g/mol. The standard InChI is InChI=1S/C21H24O3S/c1-4-15-8-11-19(14(2)12-15)23-13-18-17(16-9-10-16)6-5-7-20(18)24-21(22)25-3/h5-8,11-12,16H,4,9-10,13H2,1-3H3. The number of benzene rings is 2. The Balaban J connectivity index is 1.84. The van der Waals surface area contributed by atoms with Crippen LogP contribution >= 0.6 is 11.8 Å². The molecule has 0 heterocycles. The zero-order valence-corrected chi connectivity index (χ0v) is 15.8. The van der Waals surface area contributed by atoms with E-state index in [0.717, 1.165) is 35.1 Å². The second-order valence-corrected chi connectivity index (χ2v) is 7.14. The van der Waals surface area contributed by atoms with Crippen LogP contribution < -0.4 is 9.47 Å². The molecule has 1 aliphatic carbocycles. The molecule has 3 rings (SSSR count). The van der Waals surface area contributed by atoms with Gasteiger partial charge in [0, 0.05) is 5.56 Å². The fourth-order valence-corrected chi connectivity index (χ4v) is 3.16. The third-order valence-electron chi connectivity index (χ3n) is 4.57. The van der Waals surface area contributed by atoms with E-state index in [-0.39, 0.29) is 5.30 Å². The first-order valence-corrected chi connectivity index (χ1v) is 9.94. The summed E-state index contributed by atoms with van der Waals surface area (Å²) < 4.78 is 11.6. The van der Waals surface area contributed by atoms with Crippen LogP contribution in [0.2, 0.25) is 0 Å². The first-order chi connectivity index (χ1) is 12.1. The van der Waals surface area contributed by atoms with Crippen molar-refractivity contribution >= 4 is 17.1 Å². The third-order valence-corrected chi connectivity index (χ3v) is 4.98. The van der Waals surface area contributed by atoms with Crippen LogP contribution in [0.15, 0.2) is 36.4 Å². The highest BCUT2D eigenvalue weighted by Crippen LogP contribution is 2.44. The molecule has 0 radical (unpaired) electrons. The molecule has 2 aromatic carbocycles. The van der Waals surface area contributed by atoms with Crippen molar-refractivity contribution in [3.05, 3.63) is 58.7 Å². The van der Waals surface area contributed by atoms with Gasteiger partial charge < -0.3 is 9.47 Å². The smallest absolute Gasteiger partial charge is 0.372 e. The average molecular weight is 356 g/mol. The summed E-state index contributed by atoms with van der Waals surface area (Å²) in [5, 5.41) is -0.294. The van der Waals surface area contributed by atoms with Crippen molar-refractivity contribution in [2.24, 2.45) is 0 Å². The summed E-state index contributed by atoms with van der Waals surface area (Å²) in [6.07, 6.45) is 5.12. The van der Waals surface area contributed by atoms with Crippen LogP contribution in [0.25, 0.3) is 0 Å². The molecular formula is C21H24O3S. The highest BCUT2D eigenvalue weighted by molar-refractivity contribution is 8.12. The highest BCUT2D eigenvalue weighted by Gasteiger charge is 2.28. The van der Waals surface area contributed by atoms with Gasteiger partial charge in [-0.1, -0.05) is 31.2 Å². The zero-order valence-electron chi connectivity index (χ0n) is 15.0. The number of thioether (sulfide) groups is 1. The molecule has 0 aromatic heterocycles. The predicted octanol–water partition coefficient (Wildman–Crippen LogP) is 5.88. The van der Waals surface area contributed by atoms with Crippen LogP contribution in [0.3, 0.4) is 0 Å². The summed E-state index contributed by atoms with van der Waals surface area (Å²) in [6.45, 7) is 4.62. The van der Waals surface area contributed by atoms with E-state index in [9.17, 15) is 4.79 Å². The van der Waals surface area contributed by atoms with Crippen molar-refractivity contribution in [1.29, 1.82) is 0 Å². The number of rotatable bonds is 6. The summed E-state index contributed by atoms with van der Waals surface area (Å²) in [7, 11) is 0. The minimum atomic E-state index is -0.294. The lowest BCUT2D eigenvalue weighted by Crippen LogP contribution is -2.07. The Morgan fingerprint density at radius 2 is 2.00 bits per heavy atom. The summed E-state index contributed by atoms with van der Waals surface area (Å²) >= 11 is 1.08. The lowest BCUT2D eigenvalue weighted by molar-refractivity contribution is 0.225. The Morgan fingerprint density at radius 1 is 1.20 bits per heavy atom. The van der Waals surface area contributed by atoms with E-state index >= 15 is 0 Å². The average Bonchev–Trinajstić information content (AvgIpc) is 3.46. The van der Waals surface area contributed by atoms with Crippen LogP contribution in [0.4, 0.5) is 4.79 Å². The minimum Gasteiger partial charge on any atom is -0.488 e. The molecule has 25 heavy (non-hydrogen) atoms. The van der Waals surface area contributed by atoms with Crippen LogP contribution in [0, 0.1) is 6.92 Å². The number of hydrogen-bond donors (Lipinski definition) is 0. The Hall–Kier alpha value is -1.94. The summed E-state index contributed by atoms with van der Waals surface area (Å²) in [4.78, 5) is 11.7. The van der Waals surface area contributed by atoms with Gasteiger partial charge in [0.2, 0.25) is 0 Å². The third kappa shape index (κ3) is 4.37. The van der Waals surface area contributed by atoms with Gasteiger partial charge in [-0.2, -0.15) is 0 Å². The predicted molar refractivity (Wildman–Crippen MR) is 103 cm³/mol. The second kappa shape index (κ2) is 7.96. The van der Waals surface area contributed by atoms with Gasteiger partial charge in [-0.05, 0) is 78.9 Å². The van der Waals surface area contributed by atoms with E-state index in [1.807, 2.05) is 18.2 Å². The quantitative estimate of drug-likeness (QED) is 0.606. The topological polar surface area (TPSA) is 35.5 Å². The molecule has 2 aromatic rings. The number of hydrogen-bond acceptors (Lipinski definition) is 4. The summed E-state index contributed by atoms with van der Waals surface area (Å²) in [5.74, 6) is 2.06. The van der Waals surface area contributed by atoms with Gasteiger partial charge in [-0.25, -0.2) is 4.79 Å². The lowest BCUT2D eigenvalue weighted by atomic mass is 10.0. The highest BCUT2D eigenvalue weighted by atomic mass is 32.2. The van der Waals surface area contributed by atoms with Gasteiger partial charge in [0.25, 0.3) is 0 Å². The van der Waals surface area contributed by atoms with Gasteiger partial charge in [-0.15, -0.1) is 0 Å². The minimum absolute atomic E-state index is 0.294. The van der Waals surface area contributed by atoms with E-state index in [4.69, 9.17) is 9.47 Å². The largest absolute Gasteiger partial charge is 0.488 e. The van der Waals surface area contributed by atoms with Crippen molar-refractivity contribution < 1.29 is 14.3 Å². The Bertz CT molecular complexity index is 766. The van der Waals surface area contributed by atoms with Crippen molar-refractivity contribution in [2.75, 3.05) is 6.26 Å². The molecule has 1 aliphatic rings. The first kappa shape index (κ1) is 17.9. The molecule has 0 aliphatic heterocycles.